The van der Waals surface area contributed by atoms with Gasteiger partial charge in [0, 0.05) is 12.7 Å². The van der Waals surface area contributed by atoms with Crippen LogP contribution in [0, 0.1) is 0 Å². The number of nitrogens with two attached hydrogens (primary N) is 1. The van der Waals surface area contributed by atoms with E-state index in [-0.39, 0.29) is 11.8 Å². The van der Waals surface area contributed by atoms with E-state index < -0.39 is 6.04 Å². The summed E-state index contributed by atoms with van der Waals surface area (Å²) in [5, 5.41) is 2.73. The summed E-state index contributed by atoms with van der Waals surface area (Å²) in [6.07, 6.45) is 0.337. The van der Waals surface area contributed by atoms with Crippen molar-refractivity contribution in [1.29, 1.82) is 0 Å². The molecule has 1 aromatic rings. The molecular formula is C11H14N4O2. The highest BCUT2D eigenvalue weighted by molar-refractivity contribution is 5.99. The van der Waals surface area contributed by atoms with Gasteiger partial charge in [0.05, 0.1) is 6.42 Å². The lowest BCUT2D eigenvalue weighted by Crippen LogP contribution is -2.40. The number of carbonyl (C=O) groups excluding carboxylic acids is 2. The van der Waals surface area contributed by atoms with Gasteiger partial charge in [-0.1, -0.05) is 12.1 Å². The second-order valence-corrected chi connectivity index (χ2v) is 3.86. The molecule has 0 fully saturated rings. The maximum absolute atomic E-state index is 11.5. The molecule has 0 spiro atoms. The van der Waals surface area contributed by atoms with Gasteiger partial charge in [0.1, 0.15) is 6.04 Å². The van der Waals surface area contributed by atoms with Crippen molar-refractivity contribution < 1.29 is 9.59 Å². The SMILES string of the molecule is CNNC(=O)C(N)c1ccc2c(c1)CC(=O)N2. The first-order valence-electron chi connectivity index (χ1n) is 5.26. The summed E-state index contributed by atoms with van der Waals surface area (Å²) in [6.45, 7) is 0. The second kappa shape index (κ2) is 4.52. The Morgan fingerprint density at radius 1 is 1.53 bits per heavy atom. The third-order valence-electron chi connectivity index (χ3n) is 2.64. The van der Waals surface area contributed by atoms with Crippen LogP contribution in [0.5, 0.6) is 0 Å². The van der Waals surface area contributed by atoms with E-state index in [9.17, 15) is 9.59 Å². The molecule has 1 aromatic carbocycles. The Morgan fingerprint density at radius 2 is 2.29 bits per heavy atom. The Balaban J connectivity index is 2.21. The summed E-state index contributed by atoms with van der Waals surface area (Å²) in [5.74, 6) is -0.352. The van der Waals surface area contributed by atoms with Gasteiger partial charge in [-0.15, -0.1) is 0 Å². The molecule has 1 heterocycles. The van der Waals surface area contributed by atoms with Crippen LogP contribution < -0.4 is 21.9 Å². The topological polar surface area (TPSA) is 96.2 Å². The van der Waals surface area contributed by atoms with Crippen LogP contribution in [0.1, 0.15) is 17.2 Å². The van der Waals surface area contributed by atoms with Gasteiger partial charge in [-0.2, -0.15) is 0 Å². The smallest absolute Gasteiger partial charge is 0.255 e. The highest BCUT2D eigenvalue weighted by atomic mass is 16.2. The zero-order chi connectivity index (χ0) is 12.4. The van der Waals surface area contributed by atoms with Gasteiger partial charge in [-0.05, 0) is 17.2 Å². The van der Waals surface area contributed by atoms with E-state index >= 15 is 0 Å². The van der Waals surface area contributed by atoms with Crippen molar-refractivity contribution in [1.82, 2.24) is 10.9 Å². The number of nitrogens with one attached hydrogen (secondary N) is 3. The number of amides is 2. The van der Waals surface area contributed by atoms with E-state index in [2.05, 4.69) is 16.2 Å². The lowest BCUT2D eigenvalue weighted by atomic mass is 10.0. The van der Waals surface area contributed by atoms with E-state index in [0.717, 1.165) is 11.3 Å². The van der Waals surface area contributed by atoms with E-state index in [1.807, 2.05) is 0 Å². The minimum atomic E-state index is -0.747. The second-order valence-electron chi connectivity index (χ2n) is 3.86. The summed E-state index contributed by atoms with van der Waals surface area (Å²) < 4.78 is 0. The van der Waals surface area contributed by atoms with Crippen LogP contribution in [0.25, 0.3) is 0 Å². The maximum Gasteiger partial charge on any atom is 0.255 e. The summed E-state index contributed by atoms with van der Waals surface area (Å²) in [6, 6.07) is 4.54. The Bertz CT molecular complexity index is 473. The molecule has 0 bridgehead atoms. The van der Waals surface area contributed by atoms with Crippen LogP contribution >= 0.6 is 0 Å². The minimum Gasteiger partial charge on any atom is -0.326 e. The molecule has 0 aliphatic carbocycles. The molecular weight excluding hydrogens is 220 g/mol. The van der Waals surface area contributed by atoms with Crippen molar-refractivity contribution in [2.45, 2.75) is 12.5 Å². The fraction of sp³-hybridized carbons (Fsp3) is 0.273. The van der Waals surface area contributed by atoms with Crippen LogP contribution in [0.2, 0.25) is 0 Å². The molecule has 6 nitrogen and oxygen atoms in total. The number of carbonyl (C=O) groups is 2. The van der Waals surface area contributed by atoms with Gasteiger partial charge in [-0.25, -0.2) is 5.43 Å². The molecule has 1 atom stereocenters. The molecule has 0 radical (unpaired) electrons. The van der Waals surface area contributed by atoms with Crippen molar-refractivity contribution in [3.05, 3.63) is 29.3 Å². The Kier molecular flexibility index (Phi) is 3.08. The van der Waals surface area contributed by atoms with E-state index in [1.165, 1.54) is 0 Å². The van der Waals surface area contributed by atoms with Gasteiger partial charge in [0.25, 0.3) is 5.91 Å². The van der Waals surface area contributed by atoms with Crippen molar-refractivity contribution in [3.8, 4) is 0 Å². The zero-order valence-electron chi connectivity index (χ0n) is 9.41. The highest BCUT2D eigenvalue weighted by Crippen LogP contribution is 2.25. The molecule has 2 amide bonds. The fourth-order valence-electron chi connectivity index (χ4n) is 1.79. The van der Waals surface area contributed by atoms with Crippen molar-refractivity contribution in [3.63, 3.8) is 0 Å². The third kappa shape index (κ3) is 2.27. The molecule has 1 aliphatic heterocycles. The lowest BCUT2D eigenvalue weighted by Gasteiger charge is -2.12. The Morgan fingerprint density at radius 3 is 3.00 bits per heavy atom. The Hall–Kier alpha value is -1.92. The highest BCUT2D eigenvalue weighted by Gasteiger charge is 2.21. The largest absolute Gasteiger partial charge is 0.326 e. The van der Waals surface area contributed by atoms with Gasteiger partial charge in [0.15, 0.2) is 0 Å². The quantitative estimate of drug-likeness (QED) is 0.527. The van der Waals surface area contributed by atoms with Gasteiger partial charge in [-0.3, -0.25) is 15.0 Å². The number of hydrogen-bond acceptors (Lipinski definition) is 4. The van der Waals surface area contributed by atoms with Gasteiger partial charge >= 0.3 is 0 Å². The molecule has 0 aromatic heterocycles. The first-order valence-corrected chi connectivity index (χ1v) is 5.26. The number of hydrazine groups is 1. The molecule has 6 heteroatoms. The van der Waals surface area contributed by atoms with Crippen LogP contribution in [0.4, 0.5) is 5.69 Å². The van der Waals surface area contributed by atoms with Gasteiger partial charge in [0.2, 0.25) is 5.91 Å². The maximum atomic E-state index is 11.5. The standard InChI is InChI=1S/C11H14N4O2/c1-13-15-11(17)10(12)6-2-3-8-7(4-6)5-9(16)14-8/h2-4,10,13H,5,12H2,1H3,(H,14,16)(H,15,17). The summed E-state index contributed by atoms with van der Waals surface area (Å²) in [4.78, 5) is 22.7. The number of rotatable bonds is 3. The zero-order valence-corrected chi connectivity index (χ0v) is 9.41. The number of anilines is 1. The molecule has 1 aliphatic rings. The van der Waals surface area contributed by atoms with Crippen molar-refractivity contribution >= 4 is 17.5 Å². The average Bonchev–Trinajstić information content (AvgIpc) is 2.67. The summed E-state index contributed by atoms with van der Waals surface area (Å²) in [5.41, 5.74) is 13.1. The number of fused-ring (bicyclic) bond motifs is 1. The molecule has 1 unspecified atom stereocenters. The predicted octanol–water partition coefficient (Wildman–Crippen LogP) is -0.568. The number of hydrogen-bond donors (Lipinski definition) is 4. The first kappa shape index (κ1) is 11.6. The van der Waals surface area contributed by atoms with Crippen molar-refractivity contribution in [2.24, 2.45) is 5.73 Å². The van der Waals surface area contributed by atoms with Crippen LogP contribution in [-0.4, -0.2) is 18.9 Å². The van der Waals surface area contributed by atoms with Crippen LogP contribution in [0.3, 0.4) is 0 Å². The van der Waals surface area contributed by atoms with Crippen molar-refractivity contribution in [2.75, 3.05) is 12.4 Å². The van der Waals surface area contributed by atoms with E-state index in [0.29, 0.717) is 12.0 Å². The molecule has 5 N–H and O–H groups in total. The Labute approximate surface area is 98.5 Å². The lowest BCUT2D eigenvalue weighted by molar-refractivity contribution is -0.123. The molecule has 90 valence electrons. The summed E-state index contributed by atoms with van der Waals surface area (Å²) >= 11 is 0. The van der Waals surface area contributed by atoms with E-state index in [4.69, 9.17) is 5.73 Å². The van der Waals surface area contributed by atoms with Gasteiger partial charge < -0.3 is 11.1 Å². The monoisotopic (exact) mass is 234 g/mol. The molecule has 17 heavy (non-hydrogen) atoms. The third-order valence-corrected chi connectivity index (χ3v) is 2.64. The van der Waals surface area contributed by atoms with Crippen LogP contribution in [0.15, 0.2) is 18.2 Å². The molecule has 0 saturated carbocycles. The molecule has 0 saturated heterocycles. The average molecular weight is 234 g/mol. The number of benzene rings is 1. The first-order chi connectivity index (χ1) is 8.11. The normalized spacial score (nSPS) is 15.1. The van der Waals surface area contributed by atoms with E-state index in [1.54, 1.807) is 25.2 Å². The molecule has 2 rings (SSSR count). The summed E-state index contributed by atoms with van der Waals surface area (Å²) in [7, 11) is 1.59. The van der Waals surface area contributed by atoms with Crippen LogP contribution in [-0.2, 0) is 16.0 Å². The predicted molar refractivity (Wildman–Crippen MR) is 62.9 cm³/mol. The minimum absolute atomic E-state index is 0.0367. The fourth-order valence-corrected chi connectivity index (χ4v) is 1.79.